The maximum absolute atomic E-state index is 12.9. The Balaban J connectivity index is 2.37. The zero-order chi connectivity index (χ0) is 14.5. The van der Waals surface area contributed by atoms with E-state index < -0.39 is 5.97 Å². The minimum atomic E-state index is -0.618. The van der Waals surface area contributed by atoms with Crippen LogP contribution in [0.3, 0.4) is 0 Å². The molecule has 0 saturated heterocycles. The van der Waals surface area contributed by atoms with Crippen molar-refractivity contribution in [1.82, 2.24) is 4.98 Å². The van der Waals surface area contributed by atoms with Gasteiger partial charge in [0.15, 0.2) is 0 Å². The first-order valence-electron chi connectivity index (χ1n) is 6.22. The summed E-state index contributed by atoms with van der Waals surface area (Å²) in [5.41, 5.74) is 0.524. The molecule has 0 amide bonds. The van der Waals surface area contributed by atoms with E-state index in [1.165, 1.54) is 24.3 Å². The molecule has 0 saturated carbocycles. The third kappa shape index (κ3) is 2.96. The standard InChI is InChI=1S/C14H14FNO4/c1-3-18-13(17)11-14(19-4-2)20-12(16-11)9-5-7-10(15)8-6-9/h5-8H,3-4H2,1-2H3. The second-order valence-electron chi connectivity index (χ2n) is 3.82. The van der Waals surface area contributed by atoms with E-state index in [0.29, 0.717) is 12.2 Å². The van der Waals surface area contributed by atoms with Gasteiger partial charge in [-0.05, 0) is 38.1 Å². The van der Waals surface area contributed by atoms with Gasteiger partial charge in [0, 0.05) is 5.56 Å². The van der Waals surface area contributed by atoms with Crippen LogP contribution in [-0.4, -0.2) is 24.2 Å². The number of hydrogen-bond donors (Lipinski definition) is 0. The molecule has 0 aliphatic carbocycles. The molecule has 0 aliphatic heterocycles. The first-order chi connectivity index (χ1) is 9.65. The van der Waals surface area contributed by atoms with Crippen LogP contribution in [0.25, 0.3) is 11.5 Å². The van der Waals surface area contributed by atoms with Crippen LogP contribution in [0.15, 0.2) is 28.7 Å². The van der Waals surface area contributed by atoms with Crippen LogP contribution in [0.2, 0.25) is 0 Å². The number of ether oxygens (including phenoxy) is 2. The fraction of sp³-hybridized carbons (Fsp3) is 0.286. The second-order valence-corrected chi connectivity index (χ2v) is 3.82. The summed E-state index contributed by atoms with van der Waals surface area (Å²) in [6, 6.07) is 5.57. The Labute approximate surface area is 115 Å². The van der Waals surface area contributed by atoms with Gasteiger partial charge < -0.3 is 13.9 Å². The summed E-state index contributed by atoms with van der Waals surface area (Å²) in [5.74, 6) is -0.800. The van der Waals surface area contributed by atoms with Gasteiger partial charge in [0.25, 0.3) is 0 Å². The molecule has 0 spiro atoms. The lowest BCUT2D eigenvalue weighted by atomic mass is 10.2. The van der Waals surface area contributed by atoms with E-state index in [1.54, 1.807) is 13.8 Å². The minimum absolute atomic E-state index is 0.00488. The number of halogens is 1. The van der Waals surface area contributed by atoms with E-state index in [4.69, 9.17) is 13.9 Å². The fourth-order valence-electron chi connectivity index (χ4n) is 1.58. The molecular weight excluding hydrogens is 265 g/mol. The topological polar surface area (TPSA) is 61.6 Å². The van der Waals surface area contributed by atoms with Gasteiger partial charge in [-0.2, -0.15) is 4.98 Å². The lowest BCUT2D eigenvalue weighted by Gasteiger charge is -2.00. The lowest BCUT2D eigenvalue weighted by Crippen LogP contribution is -2.07. The number of hydrogen-bond acceptors (Lipinski definition) is 5. The molecule has 106 valence electrons. The van der Waals surface area contributed by atoms with Crippen molar-refractivity contribution in [2.45, 2.75) is 13.8 Å². The number of benzene rings is 1. The first kappa shape index (κ1) is 14.0. The molecule has 2 rings (SSSR count). The van der Waals surface area contributed by atoms with Gasteiger partial charge in [-0.3, -0.25) is 0 Å². The third-order valence-corrected chi connectivity index (χ3v) is 2.43. The van der Waals surface area contributed by atoms with Crippen molar-refractivity contribution in [3.8, 4) is 17.4 Å². The van der Waals surface area contributed by atoms with Gasteiger partial charge in [0.1, 0.15) is 5.82 Å². The molecule has 20 heavy (non-hydrogen) atoms. The maximum Gasteiger partial charge on any atom is 0.364 e. The lowest BCUT2D eigenvalue weighted by molar-refractivity contribution is 0.0512. The zero-order valence-corrected chi connectivity index (χ0v) is 11.2. The molecule has 6 heteroatoms. The molecule has 0 unspecified atom stereocenters. The van der Waals surface area contributed by atoms with Gasteiger partial charge >= 0.3 is 11.9 Å². The number of carbonyl (C=O) groups is 1. The average Bonchev–Trinajstić information content (AvgIpc) is 2.84. The Bertz CT molecular complexity index is 592. The summed E-state index contributed by atoms with van der Waals surface area (Å²) >= 11 is 0. The Morgan fingerprint density at radius 3 is 2.55 bits per heavy atom. The quantitative estimate of drug-likeness (QED) is 0.787. The molecule has 2 aromatic rings. The van der Waals surface area contributed by atoms with E-state index in [-0.39, 0.29) is 30.0 Å². The SMILES string of the molecule is CCOC(=O)c1nc(-c2ccc(F)cc2)oc1OCC. The Morgan fingerprint density at radius 2 is 1.95 bits per heavy atom. The van der Waals surface area contributed by atoms with Crippen molar-refractivity contribution in [2.24, 2.45) is 0 Å². The van der Waals surface area contributed by atoms with E-state index in [0.717, 1.165) is 0 Å². The van der Waals surface area contributed by atoms with Gasteiger partial charge in [0.05, 0.1) is 13.2 Å². The fourth-order valence-corrected chi connectivity index (χ4v) is 1.58. The third-order valence-electron chi connectivity index (χ3n) is 2.43. The van der Waals surface area contributed by atoms with Crippen molar-refractivity contribution in [3.63, 3.8) is 0 Å². The van der Waals surface area contributed by atoms with Crippen molar-refractivity contribution < 1.29 is 23.1 Å². The molecule has 0 aliphatic rings. The molecule has 1 heterocycles. The van der Waals surface area contributed by atoms with Crippen LogP contribution in [0, 0.1) is 5.82 Å². The molecule has 0 N–H and O–H groups in total. The predicted molar refractivity (Wildman–Crippen MR) is 69.0 cm³/mol. The van der Waals surface area contributed by atoms with E-state index in [2.05, 4.69) is 4.98 Å². The highest BCUT2D eigenvalue weighted by Crippen LogP contribution is 2.28. The van der Waals surface area contributed by atoms with Gasteiger partial charge in [-0.25, -0.2) is 9.18 Å². The van der Waals surface area contributed by atoms with E-state index in [9.17, 15) is 9.18 Å². The molecule has 1 aromatic heterocycles. The number of oxazole rings is 1. The van der Waals surface area contributed by atoms with E-state index in [1.807, 2.05) is 0 Å². The van der Waals surface area contributed by atoms with Crippen LogP contribution < -0.4 is 4.74 Å². The summed E-state index contributed by atoms with van der Waals surface area (Å²) in [6.07, 6.45) is 0. The summed E-state index contributed by atoms with van der Waals surface area (Å²) in [4.78, 5) is 15.8. The molecule has 0 bridgehead atoms. The smallest absolute Gasteiger partial charge is 0.364 e. The highest BCUT2D eigenvalue weighted by Gasteiger charge is 2.23. The maximum atomic E-state index is 12.9. The Kier molecular flexibility index (Phi) is 4.34. The number of aromatic nitrogens is 1. The highest BCUT2D eigenvalue weighted by molar-refractivity contribution is 5.90. The number of esters is 1. The van der Waals surface area contributed by atoms with Crippen molar-refractivity contribution in [3.05, 3.63) is 35.8 Å². The molecule has 0 atom stereocenters. The zero-order valence-electron chi connectivity index (χ0n) is 11.2. The number of nitrogens with zero attached hydrogens (tertiary/aromatic N) is 1. The normalized spacial score (nSPS) is 10.3. The van der Waals surface area contributed by atoms with Gasteiger partial charge in [0.2, 0.25) is 11.6 Å². The number of rotatable bonds is 5. The van der Waals surface area contributed by atoms with Gasteiger partial charge in [-0.15, -0.1) is 0 Å². The average molecular weight is 279 g/mol. The summed E-state index contributed by atoms with van der Waals surface area (Å²) in [6.45, 7) is 4.00. The molecule has 0 radical (unpaired) electrons. The Morgan fingerprint density at radius 1 is 1.25 bits per heavy atom. The monoisotopic (exact) mass is 279 g/mol. The number of carbonyl (C=O) groups excluding carboxylic acids is 1. The summed E-state index contributed by atoms with van der Waals surface area (Å²) in [7, 11) is 0. The van der Waals surface area contributed by atoms with Crippen LogP contribution in [-0.2, 0) is 4.74 Å². The minimum Gasteiger partial charge on any atom is -0.464 e. The van der Waals surface area contributed by atoms with Crippen LogP contribution in [0.4, 0.5) is 4.39 Å². The highest BCUT2D eigenvalue weighted by atomic mass is 19.1. The summed E-state index contributed by atoms with van der Waals surface area (Å²) < 4.78 is 28.4. The van der Waals surface area contributed by atoms with E-state index >= 15 is 0 Å². The molecule has 1 aromatic carbocycles. The van der Waals surface area contributed by atoms with Crippen LogP contribution >= 0.6 is 0 Å². The van der Waals surface area contributed by atoms with Gasteiger partial charge in [-0.1, -0.05) is 0 Å². The molecule has 5 nitrogen and oxygen atoms in total. The Hall–Kier alpha value is -2.37. The molecule has 0 fully saturated rings. The van der Waals surface area contributed by atoms with Crippen LogP contribution in [0.1, 0.15) is 24.3 Å². The largest absolute Gasteiger partial charge is 0.464 e. The van der Waals surface area contributed by atoms with Crippen molar-refractivity contribution in [2.75, 3.05) is 13.2 Å². The first-order valence-corrected chi connectivity index (χ1v) is 6.22. The van der Waals surface area contributed by atoms with Crippen LogP contribution in [0.5, 0.6) is 5.95 Å². The van der Waals surface area contributed by atoms with Crippen molar-refractivity contribution in [1.29, 1.82) is 0 Å². The summed E-state index contributed by atoms with van der Waals surface area (Å²) in [5, 5.41) is 0. The predicted octanol–water partition coefficient (Wildman–Crippen LogP) is 3.06. The molecular formula is C14H14FNO4. The second kappa shape index (κ2) is 6.18. The van der Waals surface area contributed by atoms with Crippen molar-refractivity contribution >= 4 is 5.97 Å².